The smallest absolute Gasteiger partial charge is 0.270 e. The largest absolute Gasteiger partial charge is 0.399 e. The normalized spacial score (nSPS) is 20.4. The number of nitrogens with one attached hydrogen (secondary N) is 1. The minimum absolute atomic E-state index is 0.155. The monoisotopic (exact) mass is 234 g/mol. The quantitative estimate of drug-likeness (QED) is 0.798. The van der Waals surface area contributed by atoms with Crippen molar-refractivity contribution in [1.29, 1.82) is 0 Å². The van der Waals surface area contributed by atoms with E-state index in [2.05, 4.69) is 22.2 Å². The molecule has 17 heavy (non-hydrogen) atoms. The van der Waals surface area contributed by atoms with E-state index in [1.165, 1.54) is 6.42 Å². The molecule has 2 rings (SSSR count). The number of carbonyl (C=O) groups excluding carboxylic acids is 1. The summed E-state index contributed by atoms with van der Waals surface area (Å²) in [6, 6.07) is 3.70. The van der Waals surface area contributed by atoms with Crippen LogP contribution in [0.15, 0.2) is 18.3 Å². The molecule has 0 radical (unpaired) electrons. The number of nitrogens with two attached hydrogens (primary N) is 1. The molecule has 0 aliphatic carbocycles. The third-order valence-electron chi connectivity index (χ3n) is 3.19. The molecule has 1 saturated heterocycles. The lowest BCUT2D eigenvalue weighted by molar-refractivity contribution is 0.0938. The highest BCUT2D eigenvalue weighted by Gasteiger charge is 2.21. The molecule has 1 aliphatic rings. The molecular weight excluding hydrogens is 216 g/mol. The number of hydrogen-bond donors (Lipinski definition) is 2. The third-order valence-corrected chi connectivity index (χ3v) is 3.19. The molecule has 1 atom stereocenters. The first kappa shape index (κ1) is 11.9. The number of nitrogens with zero attached hydrogens (tertiary/aromatic N) is 2. The van der Waals surface area contributed by atoms with E-state index < -0.39 is 0 Å². The van der Waals surface area contributed by atoms with E-state index in [9.17, 15) is 4.79 Å². The van der Waals surface area contributed by atoms with Crippen LogP contribution in [0, 0.1) is 0 Å². The van der Waals surface area contributed by atoms with E-state index in [0.29, 0.717) is 24.0 Å². The van der Waals surface area contributed by atoms with Gasteiger partial charge in [0.2, 0.25) is 0 Å². The van der Waals surface area contributed by atoms with Crippen molar-refractivity contribution in [2.45, 2.75) is 18.9 Å². The first-order valence-electron chi connectivity index (χ1n) is 5.87. The predicted octanol–water partition coefficient (Wildman–Crippen LogP) is 0.488. The lowest BCUT2D eigenvalue weighted by atomic mass is 10.2. The van der Waals surface area contributed by atoms with Crippen molar-refractivity contribution in [3.63, 3.8) is 0 Å². The van der Waals surface area contributed by atoms with Crippen molar-refractivity contribution in [3.8, 4) is 0 Å². The molecule has 1 amide bonds. The molecule has 0 spiro atoms. The second-order valence-electron chi connectivity index (χ2n) is 4.46. The predicted molar refractivity (Wildman–Crippen MR) is 66.6 cm³/mol. The van der Waals surface area contributed by atoms with Crippen molar-refractivity contribution in [3.05, 3.63) is 24.0 Å². The molecule has 1 aromatic heterocycles. The molecular formula is C12H18N4O. The first-order chi connectivity index (χ1) is 8.16. The summed E-state index contributed by atoms with van der Waals surface area (Å²) in [6.45, 7) is 1.78. The Kier molecular flexibility index (Phi) is 3.58. The Morgan fingerprint density at radius 3 is 3.18 bits per heavy atom. The van der Waals surface area contributed by atoms with Crippen molar-refractivity contribution in [1.82, 2.24) is 15.2 Å². The summed E-state index contributed by atoms with van der Waals surface area (Å²) in [7, 11) is 2.09. The highest BCUT2D eigenvalue weighted by Crippen LogP contribution is 2.13. The van der Waals surface area contributed by atoms with Crippen LogP contribution in [-0.2, 0) is 0 Å². The first-order valence-corrected chi connectivity index (χ1v) is 5.87. The zero-order valence-corrected chi connectivity index (χ0v) is 10.0. The average Bonchev–Trinajstić information content (AvgIpc) is 2.72. The summed E-state index contributed by atoms with van der Waals surface area (Å²) in [5.41, 5.74) is 6.55. The van der Waals surface area contributed by atoms with Crippen LogP contribution >= 0.6 is 0 Å². The SMILES string of the molecule is CN1CCCC1CNC(=O)c1cc(N)ccn1. The topological polar surface area (TPSA) is 71.2 Å². The number of anilines is 1. The van der Waals surface area contributed by atoms with Gasteiger partial charge in [-0.2, -0.15) is 0 Å². The van der Waals surface area contributed by atoms with Crippen molar-refractivity contribution in [2.75, 3.05) is 25.9 Å². The van der Waals surface area contributed by atoms with E-state index in [0.717, 1.165) is 13.0 Å². The van der Waals surface area contributed by atoms with Crippen molar-refractivity contribution >= 4 is 11.6 Å². The Morgan fingerprint density at radius 2 is 2.53 bits per heavy atom. The van der Waals surface area contributed by atoms with Crippen LogP contribution in [0.4, 0.5) is 5.69 Å². The molecule has 1 aliphatic heterocycles. The molecule has 0 saturated carbocycles. The van der Waals surface area contributed by atoms with Gasteiger partial charge in [0.1, 0.15) is 5.69 Å². The summed E-state index contributed by atoms with van der Waals surface area (Å²) in [4.78, 5) is 18.1. The summed E-state index contributed by atoms with van der Waals surface area (Å²) in [6.07, 6.45) is 3.89. The van der Waals surface area contributed by atoms with Gasteiger partial charge in [0.25, 0.3) is 5.91 Å². The molecule has 1 aromatic rings. The second kappa shape index (κ2) is 5.14. The maximum atomic E-state index is 11.8. The lowest BCUT2D eigenvalue weighted by Gasteiger charge is -2.19. The molecule has 5 nitrogen and oxygen atoms in total. The van der Waals surface area contributed by atoms with Crippen LogP contribution in [0.1, 0.15) is 23.3 Å². The van der Waals surface area contributed by atoms with Gasteiger partial charge in [0.15, 0.2) is 0 Å². The summed E-state index contributed by atoms with van der Waals surface area (Å²) in [5, 5.41) is 2.90. The van der Waals surface area contributed by atoms with Gasteiger partial charge in [-0.25, -0.2) is 0 Å². The van der Waals surface area contributed by atoms with Gasteiger partial charge in [0, 0.05) is 24.5 Å². The number of nitrogen functional groups attached to an aromatic ring is 1. The van der Waals surface area contributed by atoms with E-state index in [4.69, 9.17) is 5.73 Å². The fourth-order valence-corrected chi connectivity index (χ4v) is 2.11. The van der Waals surface area contributed by atoms with Gasteiger partial charge in [-0.15, -0.1) is 0 Å². The van der Waals surface area contributed by atoms with Gasteiger partial charge < -0.3 is 16.0 Å². The van der Waals surface area contributed by atoms with Crippen LogP contribution < -0.4 is 11.1 Å². The zero-order valence-electron chi connectivity index (χ0n) is 10.0. The number of pyridine rings is 1. The molecule has 0 aromatic carbocycles. The van der Waals surface area contributed by atoms with E-state index in [1.54, 1.807) is 18.3 Å². The summed E-state index contributed by atoms with van der Waals surface area (Å²) in [5.74, 6) is -0.155. The lowest BCUT2D eigenvalue weighted by Crippen LogP contribution is -2.38. The van der Waals surface area contributed by atoms with Gasteiger partial charge in [-0.05, 0) is 38.6 Å². The standard InChI is InChI=1S/C12H18N4O/c1-16-6-2-3-10(16)8-15-12(17)11-7-9(13)4-5-14-11/h4-5,7,10H,2-3,6,8H2,1H3,(H2,13,14)(H,15,17). The van der Waals surface area contributed by atoms with Crippen LogP contribution in [0.3, 0.4) is 0 Å². The van der Waals surface area contributed by atoms with Gasteiger partial charge >= 0.3 is 0 Å². The van der Waals surface area contributed by atoms with Gasteiger partial charge in [-0.1, -0.05) is 0 Å². The molecule has 2 heterocycles. The van der Waals surface area contributed by atoms with Crippen LogP contribution in [-0.4, -0.2) is 42.0 Å². The number of aromatic nitrogens is 1. The Balaban J connectivity index is 1.89. The van der Waals surface area contributed by atoms with Gasteiger partial charge in [0.05, 0.1) is 0 Å². The molecule has 1 fully saturated rings. The number of carbonyl (C=O) groups is 1. The Morgan fingerprint density at radius 1 is 1.71 bits per heavy atom. The molecule has 3 N–H and O–H groups in total. The molecule has 92 valence electrons. The van der Waals surface area contributed by atoms with E-state index in [-0.39, 0.29) is 5.91 Å². The average molecular weight is 234 g/mol. The Hall–Kier alpha value is -1.62. The van der Waals surface area contributed by atoms with E-state index in [1.807, 2.05) is 0 Å². The fourth-order valence-electron chi connectivity index (χ4n) is 2.11. The van der Waals surface area contributed by atoms with E-state index >= 15 is 0 Å². The molecule has 0 bridgehead atoms. The summed E-state index contributed by atoms with van der Waals surface area (Å²) >= 11 is 0. The molecule has 5 heteroatoms. The maximum Gasteiger partial charge on any atom is 0.270 e. The van der Waals surface area contributed by atoms with Gasteiger partial charge in [-0.3, -0.25) is 9.78 Å². The minimum atomic E-state index is -0.155. The van der Waals surface area contributed by atoms with Crippen molar-refractivity contribution < 1.29 is 4.79 Å². The number of likely N-dealkylation sites (tertiary alicyclic amines) is 1. The molecule has 1 unspecified atom stereocenters. The third kappa shape index (κ3) is 2.94. The Labute approximate surface area is 101 Å². The van der Waals surface area contributed by atoms with Crippen molar-refractivity contribution in [2.24, 2.45) is 0 Å². The highest BCUT2D eigenvalue weighted by atomic mass is 16.1. The fraction of sp³-hybridized carbons (Fsp3) is 0.500. The number of amides is 1. The number of rotatable bonds is 3. The minimum Gasteiger partial charge on any atom is -0.399 e. The summed E-state index contributed by atoms with van der Waals surface area (Å²) < 4.78 is 0. The number of likely N-dealkylation sites (N-methyl/N-ethyl adjacent to an activating group) is 1. The van der Waals surface area contributed by atoms with Crippen LogP contribution in [0.25, 0.3) is 0 Å². The maximum absolute atomic E-state index is 11.8. The van der Waals surface area contributed by atoms with Crippen LogP contribution in [0.5, 0.6) is 0 Å². The Bertz CT molecular complexity index is 407. The number of hydrogen-bond acceptors (Lipinski definition) is 4. The van der Waals surface area contributed by atoms with Crippen LogP contribution in [0.2, 0.25) is 0 Å². The highest BCUT2D eigenvalue weighted by molar-refractivity contribution is 5.92. The second-order valence-corrected chi connectivity index (χ2v) is 4.46. The zero-order chi connectivity index (χ0) is 12.3.